The van der Waals surface area contributed by atoms with Crippen LogP contribution in [0.3, 0.4) is 0 Å². The maximum atomic E-state index is 12.6. The Morgan fingerprint density at radius 2 is 1.90 bits per heavy atom. The lowest BCUT2D eigenvalue weighted by Gasteiger charge is -2.29. The minimum absolute atomic E-state index is 0.0386. The molecule has 3 atom stereocenters. The standard InChI is InChI=1S/C23H33N5O2S/c1-5-28-21(17(4)24-22(30)18-12-10-15(2)11-13-18)26-27-23(28)31-14-20(29)25-19-9-7-6-8-16(19)3/h10-13,16-17,19H,5-9,14H2,1-4H3,(H,24,30)(H,25,29)/t16-,17-,19+/m0/s1. The van der Waals surface area contributed by atoms with Gasteiger partial charge in [-0.1, -0.05) is 49.2 Å². The average molecular weight is 444 g/mol. The van der Waals surface area contributed by atoms with Gasteiger partial charge in [0.15, 0.2) is 11.0 Å². The normalized spacial score (nSPS) is 19.6. The van der Waals surface area contributed by atoms with Gasteiger partial charge in [0.1, 0.15) is 0 Å². The molecule has 1 fully saturated rings. The van der Waals surface area contributed by atoms with Gasteiger partial charge >= 0.3 is 0 Å². The number of nitrogens with one attached hydrogen (secondary N) is 2. The number of thioether (sulfide) groups is 1. The molecule has 2 amide bonds. The monoisotopic (exact) mass is 443 g/mol. The maximum absolute atomic E-state index is 12.6. The summed E-state index contributed by atoms with van der Waals surface area (Å²) in [5.41, 5.74) is 1.72. The Morgan fingerprint density at radius 3 is 2.58 bits per heavy atom. The predicted octanol–water partition coefficient (Wildman–Crippen LogP) is 3.88. The molecule has 0 spiro atoms. The molecule has 8 heteroatoms. The molecule has 1 aliphatic rings. The van der Waals surface area contributed by atoms with Crippen molar-refractivity contribution in [1.82, 2.24) is 25.4 Å². The molecule has 1 aromatic heterocycles. The second kappa shape index (κ2) is 10.8. The van der Waals surface area contributed by atoms with Gasteiger partial charge in [0.25, 0.3) is 5.91 Å². The molecule has 168 valence electrons. The molecule has 0 unspecified atom stereocenters. The molecule has 1 heterocycles. The van der Waals surface area contributed by atoms with Crippen molar-refractivity contribution in [3.63, 3.8) is 0 Å². The topological polar surface area (TPSA) is 88.9 Å². The van der Waals surface area contributed by atoms with E-state index in [4.69, 9.17) is 0 Å². The first-order valence-corrected chi connectivity index (χ1v) is 12.1. The summed E-state index contributed by atoms with van der Waals surface area (Å²) in [6.45, 7) is 8.77. The van der Waals surface area contributed by atoms with Crippen LogP contribution in [-0.4, -0.2) is 38.4 Å². The third-order valence-corrected chi connectivity index (χ3v) is 6.87. The molecule has 0 radical (unpaired) electrons. The highest BCUT2D eigenvalue weighted by molar-refractivity contribution is 7.99. The van der Waals surface area contributed by atoms with Crippen LogP contribution >= 0.6 is 11.8 Å². The number of rotatable bonds is 8. The number of hydrogen-bond acceptors (Lipinski definition) is 5. The Morgan fingerprint density at radius 1 is 1.19 bits per heavy atom. The minimum atomic E-state index is -0.299. The third-order valence-electron chi connectivity index (χ3n) is 5.90. The molecule has 3 rings (SSSR count). The quantitative estimate of drug-likeness (QED) is 0.605. The highest BCUT2D eigenvalue weighted by Gasteiger charge is 2.24. The van der Waals surface area contributed by atoms with E-state index in [1.165, 1.54) is 31.0 Å². The summed E-state index contributed by atoms with van der Waals surface area (Å²) in [6, 6.07) is 7.44. The van der Waals surface area contributed by atoms with E-state index in [2.05, 4.69) is 27.8 Å². The van der Waals surface area contributed by atoms with Crippen molar-refractivity contribution in [2.24, 2.45) is 5.92 Å². The molecule has 1 aromatic carbocycles. The van der Waals surface area contributed by atoms with Crippen molar-refractivity contribution in [2.45, 2.75) is 77.2 Å². The number of aryl methyl sites for hydroxylation is 1. The minimum Gasteiger partial charge on any atom is -0.352 e. The van der Waals surface area contributed by atoms with E-state index < -0.39 is 0 Å². The molecular weight excluding hydrogens is 410 g/mol. The first kappa shape index (κ1) is 23.3. The van der Waals surface area contributed by atoms with Crippen molar-refractivity contribution in [3.8, 4) is 0 Å². The van der Waals surface area contributed by atoms with Gasteiger partial charge in [-0.25, -0.2) is 0 Å². The Hall–Kier alpha value is -2.35. The van der Waals surface area contributed by atoms with Crippen molar-refractivity contribution in [3.05, 3.63) is 41.2 Å². The number of amides is 2. The molecule has 2 aromatic rings. The van der Waals surface area contributed by atoms with Gasteiger partial charge in [-0.2, -0.15) is 0 Å². The maximum Gasteiger partial charge on any atom is 0.251 e. The van der Waals surface area contributed by atoms with E-state index in [1.807, 2.05) is 49.6 Å². The van der Waals surface area contributed by atoms with Crippen LogP contribution in [0.25, 0.3) is 0 Å². The smallest absolute Gasteiger partial charge is 0.251 e. The largest absolute Gasteiger partial charge is 0.352 e. The lowest BCUT2D eigenvalue weighted by Crippen LogP contribution is -2.41. The SMILES string of the molecule is CCn1c(SCC(=O)N[C@@H]2CCCC[C@@H]2C)nnc1[C@H](C)NC(=O)c1ccc(C)cc1. The third kappa shape index (κ3) is 6.09. The summed E-state index contributed by atoms with van der Waals surface area (Å²) in [5.74, 6) is 1.43. The van der Waals surface area contributed by atoms with E-state index in [-0.39, 0.29) is 23.9 Å². The number of hydrogen-bond donors (Lipinski definition) is 2. The Kier molecular flexibility index (Phi) is 8.12. The second-order valence-electron chi connectivity index (χ2n) is 8.37. The summed E-state index contributed by atoms with van der Waals surface area (Å²) < 4.78 is 1.96. The zero-order valence-corrected chi connectivity index (χ0v) is 19.7. The molecule has 2 N–H and O–H groups in total. The number of carbonyl (C=O) groups is 2. The lowest BCUT2D eigenvalue weighted by molar-refractivity contribution is -0.119. The summed E-state index contributed by atoms with van der Waals surface area (Å²) in [5, 5.41) is 15.4. The van der Waals surface area contributed by atoms with Gasteiger partial charge < -0.3 is 15.2 Å². The second-order valence-corrected chi connectivity index (χ2v) is 9.31. The van der Waals surface area contributed by atoms with Gasteiger partial charge in [-0.05, 0) is 51.7 Å². The van der Waals surface area contributed by atoms with Gasteiger partial charge in [0.05, 0.1) is 11.8 Å². The molecule has 0 bridgehead atoms. The van der Waals surface area contributed by atoms with E-state index in [0.29, 0.717) is 34.8 Å². The Bertz CT molecular complexity index is 896. The zero-order valence-electron chi connectivity index (χ0n) is 18.9. The fourth-order valence-electron chi connectivity index (χ4n) is 3.98. The van der Waals surface area contributed by atoms with Crippen molar-refractivity contribution in [1.29, 1.82) is 0 Å². The number of nitrogens with zero attached hydrogens (tertiary/aromatic N) is 3. The van der Waals surface area contributed by atoms with Crippen LogP contribution in [-0.2, 0) is 11.3 Å². The first-order valence-electron chi connectivity index (χ1n) is 11.1. The predicted molar refractivity (Wildman–Crippen MR) is 123 cm³/mol. The fourth-order valence-corrected chi connectivity index (χ4v) is 4.80. The molecule has 0 saturated heterocycles. The summed E-state index contributed by atoms with van der Waals surface area (Å²) >= 11 is 1.39. The highest BCUT2D eigenvalue weighted by Crippen LogP contribution is 2.25. The van der Waals surface area contributed by atoms with E-state index >= 15 is 0 Å². The van der Waals surface area contributed by atoms with Crippen LogP contribution in [0.4, 0.5) is 0 Å². The summed E-state index contributed by atoms with van der Waals surface area (Å²) in [7, 11) is 0. The van der Waals surface area contributed by atoms with Crippen LogP contribution < -0.4 is 10.6 Å². The van der Waals surface area contributed by atoms with E-state index in [1.54, 1.807) is 0 Å². The van der Waals surface area contributed by atoms with Gasteiger partial charge in [0.2, 0.25) is 5.91 Å². The first-order chi connectivity index (χ1) is 14.9. The van der Waals surface area contributed by atoms with Gasteiger partial charge in [-0.15, -0.1) is 10.2 Å². The molecule has 7 nitrogen and oxygen atoms in total. The van der Waals surface area contributed by atoms with Gasteiger partial charge in [0, 0.05) is 18.2 Å². The summed E-state index contributed by atoms with van der Waals surface area (Å²) in [6.07, 6.45) is 4.67. The van der Waals surface area contributed by atoms with E-state index in [9.17, 15) is 9.59 Å². The van der Waals surface area contributed by atoms with Crippen LogP contribution in [0.15, 0.2) is 29.4 Å². The molecule has 0 aliphatic heterocycles. The number of carbonyl (C=O) groups excluding carboxylic acids is 2. The number of benzene rings is 1. The van der Waals surface area contributed by atoms with Crippen molar-refractivity contribution < 1.29 is 9.59 Å². The molecule has 31 heavy (non-hydrogen) atoms. The van der Waals surface area contributed by atoms with Crippen LogP contribution in [0.2, 0.25) is 0 Å². The highest BCUT2D eigenvalue weighted by atomic mass is 32.2. The Balaban J connectivity index is 1.58. The molecule has 1 aliphatic carbocycles. The van der Waals surface area contributed by atoms with Crippen LogP contribution in [0, 0.1) is 12.8 Å². The molecular formula is C23H33N5O2S. The zero-order chi connectivity index (χ0) is 22.4. The number of aromatic nitrogens is 3. The lowest BCUT2D eigenvalue weighted by atomic mass is 9.86. The van der Waals surface area contributed by atoms with Crippen molar-refractivity contribution >= 4 is 23.6 Å². The Labute approximate surface area is 188 Å². The fraction of sp³-hybridized carbons (Fsp3) is 0.565. The van der Waals surface area contributed by atoms with Crippen LogP contribution in [0.5, 0.6) is 0 Å². The van der Waals surface area contributed by atoms with Gasteiger partial charge in [-0.3, -0.25) is 9.59 Å². The van der Waals surface area contributed by atoms with Crippen LogP contribution in [0.1, 0.15) is 74.2 Å². The van der Waals surface area contributed by atoms with E-state index in [0.717, 1.165) is 12.0 Å². The average Bonchev–Trinajstić information content (AvgIpc) is 3.17. The molecule has 1 saturated carbocycles. The van der Waals surface area contributed by atoms with Crippen molar-refractivity contribution in [2.75, 3.05) is 5.75 Å². The summed E-state index contributed by atoms with van der Waals surface area (Å²) in [4.78, 5) is 25.0.